The maximum absolute atomic E-state index is 9.58. The molecule has 0 heterocycles. The predicted octanol–water partition coefficient (Wildman–Crippen LogP) is 4.72. The van der Waals surface area contributed by atoms with Crippen LogP contribution in [-0.2, 0) is 0 Å². The van der Waals surface area contributed by atoms with Gasteiger partial charge in [0.15, 0.2) is 0 Å². The number of halogens is 1. The van der Waals surface area contributed by atoms with Gasteiger partial charge in [0, 0.05) is 10.2 Å². The van der Waals surface area contributed by atoms with Crippen LogP contribution in [0.1, 0.15) is 39.0 Å². The fraction of sp³-hybridized carbons (Fsp3) is 0.533. The normalized spacial score (nSPS) is 28.2. The van der Waals surface area contributed by atoms with E-state index >= 15 is 0 Å². The number of nitrogens with one attached hydrogen (secondary N) is 1. The van der Waals surface area contributed by atoms with Crippen LogP contribution >= 0.6 is 15.9 Å². The zero-order valence-corrected chi connectivity index (χ0v) is 12.3. The molecule has 2 rings (SSSR count). The van der Waals surface area contributed by atoms with Crippen molar-refractivity contribution < 1.29 is 0 Å². The number of nitriles is 1. The lowest BCUT2D eigenvalue weighted by molar-refractivity contribution is 0.479. The number of rotatable bonds is 2. The number of benzene rings is 1. The Balaban J connectivity index is 2.18. The molecule has 1 aromatic carbocycles. The van der Waals surface area contributed by atoms with Gasteiger partial charge in [0.1, 0.15) is 5.54 Å². The van der Waals surface area contributed by atoms with Gasteiger partial charge in [-0.15, -0.1) is 0 Å². The largest absolute Gasteiger partial charge is 0.366 e. The van der Waals surface area contributed by atoms with Crippen molar-refractivity contribution >= 4 is 21.6 Å². The summed E-state index contributed by atoms with van der Waals surface area (Å²) in [6.45, 7) is 2.28. The summed E-state index contributed by atoms with van der Waals surface area (Å²) in [5.41, 5.74) is 0.628. The molecule has 1 fully saturated rings. The molecule has 2 nitrogen and oxygen atoms in total. The zero-order chi connectivity index (χ0) is 13.0. The molecule has 2 atom stereocenters. The van der Waals surface area contributed by atoms with Crippen LogP contribution in [-0.4, -0.2) is 5.54 Å². The number of para-hydroxylation sites is 1. The van der Waals surface area contributed by atoms with Gasteiger partial charge in [0.2, 0.25) is 0 Å². The van der Waals surface area contributed by atoms with E-state index in [1.54, 1.807) is 0 Å². The zero-order valence-electron chi connectivity index (χ0n) is 10.7. The summed E-state index contributed by atoms with van der Waals surface area (Å²) in [5.74, 6) is 0.737. The van der Waals surface area contributed by atoms with Crippen molar-refractivity contribution in [1.82, 2.24) is 0 Å². The van der Waals surface area contributed by atoms with Crippen molar-refractivity contribution in [3.8, 4) is 6.07 Å². The van der Waals surface area contributed by atoms with Gasteiger partial charge in [-0.1, -0.05) is 25.5 Å². The van der Waals surface area contributed by atoms with Gasteiger partial charge in [-0.2, -0.15) is 5.26 Å². The molecule has 18 heavy (non-hydrogen) atoms. The van der Waals surface area contributed by atoms with Gasteiger partial charge in [-0.05, 0) is 59.7 Å². The fourth-order valence-electron chi connectivity index (χ4n) is 2.60. The van der Waals surface area contributed by atoms with E-state index in [4.69, 9.17) is 0 Å². The lowest BCUT2D eigenvalue weighted by atomic mass is 9.91. The van der Waals surface area contributed by atoms with Gasteiger partial charge in [-0.3, -0.25) is 0 Å². The molecule has 0 radical (unpaired) electrons. The Morgan fingerprint density at radius 2 is 2.11 bits per heavy atom. The maximum atomic E-state index is 9.58. The first kappa shape index (κ1) is 13.4. The number of nitrogens with zero attached hydrogens (tertiary/aromatic N) is 1. The number of anilines is 1. The van der Waals surface area contributed by atoms with E-state index in [0.29, 0.717) is 0 Å². The highest BCUT2D eigenvalue weighted by Gasteiger charge is 2.32. The molecule has 1 aliphatic rings. The van der Waals surface area contributed by atoms with Crippen LogP contribution in [0.2, 0.25) is 0 Å². The molecule has 0 spiro atoms. The van der Waals surface area contributed by atoms with Crippen molar-refractivity contribution in [1.29, 1.82) is 5.26 Å². The Hall–Kier alpha value is -1.01. The van der Waals surface area contributed by atoms with E-state index in [1.807, 2.05) is 24.3 Å². The molecule has 0 aromatic heterocycles. The SMILES string of the molecule is CC1CCCC(C#N)(Nc2ccccc2Br)CC1. The highest BCUT2D eigenvalue weighted by molar-refractivity contribution is 9.10. The smallest absolute Gasteiger partial charge is 0.125 e. The van der Waals surface area contributed by atoms with Gasteiger partial charge >= 0.3 is 0 Å². The van der Waals surface area contributed by atoms with Crippen LogP contribution in [0.3, 0.4) is 0 Å². The minimum atomic E-state index is -0.394. The van der Waals surface area contributed by atoms with Gasteiger partial charge in [0.05, 0.1) is 6.07 Å². The summed E-state index contributed by atoms with van der Waals surface area (Å²) in [5, 5.41) is 13.0. The van der Waals surface area contributed by atoms with Crippen LogP contribution in [0, 0.1) is 17.2 Å². The molecule has 1 aromatic rings. The number of hydrogen-bond acceptors (Lipinski definition) is 2. The second-order valence-electron chi connectivity index (χ2n) is 5.33. The standard InChI is InChI=1S/C15H19BrN2/c1-12-5-4-9-15(11-17,10-8-12)18-14-7-3-2-6-13(14)16/h2-3,6-7,12,18H,4-5,8-10H2,1H3. The first-order valence-corrected chi connectivity index (χ1v) is 7.38. The van der Waals surface area contributed by atoms with Crippen LogP contribution in [0.15, 0.2) is 28.7 Å². The summed E-state index contributed by atoms with van der Waals surface area (Å²) < 4.78 is 1.02. The highest BCUT2D eigenvalue weighted by atomic mass is 79.9. The second-order valence-corrected chi connectivity index (χ2v) is 6.19. The third kappa shape index (κ3) is 3.05. The van der Waals surface area contributed by atoms with Gasteiger partial charge in [-0.25, -0.2) is 0 Å². The fourth-order valence-corrected chi connectivity index (χ4v) is 2.98. The highest BCUT2D eigenvalue weighted by Crippen LogP contribution is 2.34. The minimum absolute atomic E-state index is 0.394. The molecule has 0 aliphatic heterocycles. The van der Waals surface area contributed by atoms with Crippen molar-refractivity contribution in [3.05, 3.63) is 28.7 Å². The molecule has 3 heteroatoms. The first-order valence-electron chi connectivity index (χ1n) is 6.59. The third-order valence-electron chi connectivity index (χ3n) is 3.83. The molecule has 0 saturated heterocycles. The molecule has 1 N–H and O–H groups in total. The summed E-state index contributed by atoms with van der Waals surface area (Å²) in [4.78, 5) is 0. The molecule has 1 saturated carbocycles. The molecule has 2 unspecified atom stereocenters. The summed E-state index contributed by atoms with van der Waals surface area (Å²) in [7, 11) is 0. The Morgan fingerprint density at radius 3 is 2.83 bits per heavy atom. The number of hydrogen-bond donors (Lipinski definition) is 1. The second kappa shape index (κ2) is 5.75. The minimum Gasteiger partial charge on any atom is -0.366 e. The Morgan fingerprint density at radius 1 is 1.33 bits per heavy atom. The first-order chi connectivity index (χ1) is 8.65. The Bertz CT molecular complexity index is 452. The van der Waals surface area contributed by atoms with Crippen LogP contribution in [0.4, 0.5) is 5.69 Å². The topological polar surface area (TPSA) is 35.8 Å². The van der Waals surface area contributed by atoms with E-state index in [1.165, 1.54) is 6.42 Å². The molecule has 0 amide bonds. The molecular weight excluding hydrogens is 288 g/mol. The van der Waals surface area contributed by atoms with Crippen LogP contribution < -0.4 is 5.32 Å². The summed E-state index contributed by atoms with van der Waals surface area (Å²) in [6, 6.07) is 10.5. The van der Waals surface area contributed by atoms with Crippen molar-refractivity contribution in [3.63, 3.8) is 0 Å². The van der Waals surface area contributed by atoms with E-state index in [0.717, 1.165) is 41.8 Å². The quantitative estimate of drug-likeness (QED) is 0.802. The van der Waals surface area contributed by atoms with Crippen molar-refractivity contribution in [2.75, 3.05) is 5.32 Å². The lowest BCUT2D eigenvalue weighted by Gasteiger charge is -2.28. The van der Waals surface area contributed by atoms with Crippen molar-refractivity contribution in [2.45, 2.75) is 44.6 Å². The van der Waals surface area contributed by atoms with Crippen LogP contribution in [0.25, 0.3) is 0 Å². The van der Waals surface area contributed by atoms with Gasteiger partial charge < -0.3 is 5.32 Å². The van der Waals surface area contributed by atoms with E-state index in [2.05, 4.69) is 34.2 Å². The average molecular weight is 307 g/mol. The summed E-state index contributed by atoms with van der Waals surface area (Å²) >= 11 is 3.54. The molecule has 1 aliphatic carbocycles. The van der Waals surface area contributed by atoms with E-state index in [-0.39, 0.29) is 0 Å². The Kier molecular flexibility index (Phi) is 4.29. The van der Waals surface area contributed by atoms with Crippen molar-refractivity contribution in [2.24, 2.45) is 5.92 Å². The van der Waals surface area contributed by atoms with E-state index in [9.17, 15) is 5.26 Å². The molecule has 96 valence electrons. The lowest BCUT2D eigenvalue weighted by Crippen LogP contribution is -2.36. The Labute approximate surface area is 118 Å². The van der Waals surface area contributed by atoms with Crippen LogP contribution in [0.5, 0.6) is 0 Å². The maximum Gasteiger partial charge on any atom is 0.125 e. The third-order valence-corrected chi connectivity index (χ3v) is 4.52. The van der Waals surface area contributed by atoms with Gasteiger partial charge in [0.25, 0.3) is 0 Å². The molecular formula is C15H19BrN2. The average Bonchev–Trinajstić information content (AvgIpc) is 2.56. The predicted molar refractivity (Wildman–Crippen MR) is 78.4 cm³/mol. The molecule has 0 bridgehead atoms. The monoisotopic (exact) mass is 306 g/mol. The van der Waals surface area contributed by atoms with E-state index < -0.39 is 5.54 Å². The summed E-state index contributed by atoms with van der Waals surface area (Å²) in [6.07, 6.45) is 5.37.